The summed E-state index contributed by atoms with van der Waals surface area (Å²) in [5.74, 6) is -0.386. The molecule has 1 saturated carbocycles. The van der Waals surface area contributed by atoms with Crippen LogP contribution in [0.3, 0.4) is 0 Å². The summed E-state index contributed by atoms with van der Waals surface area (Å²) in [6, 6.07) is 0. The summed E-state index contributed by atoms with van der Waals surface area (Å²) in [4.78, 5) is 4.47. The van der Waals surface area contributed by atoms with Gasteiger partial charge < -0.3 is 14.0 Å². The maximum atomic E-state index is 6.16. The Kier molecular flexibility index (Phi) is 2.80. The summed E-state index contributed by atoms with van der Waals surface area (Å²) in [6.07, 6.45) is 9.01. The maximum absolute atomic E-state index is 6.16. The molecule has 3 aliphatic rings. The lowest BCUT2D eigenvalue weighted by molar-refractivity contribution is -0.232. The Morgan fingerprint density at radius 3 is 2.68 bits per heavy atom. The van der Waals surface area contributed by atoms with Gasteiger partial charge in [0.2, 0.25) is 0 Å². The van der Waals surface area contributed by atoms with Gasteiger partial charge in [0.15, 0.2) is 10.5 Å². The summed E-state index contributed by atoms with van der Waals surface area (Å²) in [5.41, 5.74) is 1.33. The molecule has 2 aliphatic heterocycles. The van der Waals surface area contributed by atoms with Crippen molar-refractivity contribution in [2.75, 3.05) is 13.2 Å². The Labute approximate surface area is 121 Å². The first-order valence-electron chi connectivity index (χ1n) is 7.27. The van der Waals surface area contributed by atoms with Crippen LogP contribution in [0.4, 0.5) is 0 Å². The molecule has 1 aromatic rings. The summed E-state index contributed by atoms with van der Waals surface area (Å²) < 4.78 is 15.6. The van der Waals surface area contributed by atoms with E-state index in [1.165, 1.54) is 25.0 Å². The predicted molar refractivity (Wildman–Crippen MR) is 73.9 cm³/mol. The van der Waals surface area contributed by atoms with Gasteiger partial charge in [-0.05, 0) is 41.6 Å². The third kappa shape index (κ3) is 1.55. The second-order valence-corrected chi connectivity index (χ2v) is 6.62. The van der Waals surface area contributed by atoms with Crippen molar-refractivity contribution in [3.8, 4) is 0 Å². The zero-order valence-electron chi connectivity index (χ0n) is 11.0. The summed E-state index contributed by atoms with van der Waals surface area (Å²) in [5, 5.41) is 0. The lowest BCUT2D eigenvalue weighted by Gasteiger charge is -2.51. The number of hydrogen-bond acceptors (Lipinski definition) is 3. The molecule has 1 aliphatic carbocycles. The van der Waals surface area contributed by atoms with E-state index in [1.54, 1.807) is 0 Å². The highest BCUT2D eigenvalue weighted by Crippen LogP contribution is 2.55. The highest BCUT2D eigenvalue weighted by molar-refractivity contribution is 9.10. The summed E-state index contributed by atoms with van der Waals surface area (Å²) in [7, 11) is 0. The van der Waals surface area contributed by atoms with Crippen LogP contribution >= 0.6 is 15.9 Å². The predicted octanol–water partition coefficient (Wildman–Crippen LogP) is 2.99. The molecule has 104 valence electrons. The van der Waals surface area contributed by atoms with Crippen molar-refractivity contribution in [1.82, 2.24) is 9.55 Å². The Morgan fingerprint density at radius 2 is 1.84 bits per heavy atom. The number of imidazole rings is 1. The molecular formula is C14H19BrN2O2. The highest BCUT2D eigenvalue weighted by Gasteiger charge is 2.59. The largest absolute Gasteiger partial charge is 0.347 e. The first-order chi connectivity index (χ1) is 9.28. The molecule has 2 fully saturated rings. The van der Waals surface area contributed by atoms with E-state index in [4.69, 9.17) is 9.47 Å². The fraction of sp³-hybridized carbons (Fsp3) is 0.786. The Bertz CT molecular complexity index is 496. The number of halogens is 1. The van der Waals surface area contributed by atoms with Crippen molar-refractivity contribution in [2.45, 2.75) is 56.3 Å². The summed E-state index contributed by atoms with van der Waals surface area (Å²) in [6.45, 7) is 2.52. The zero-order chi connectivity index (χ0) is 12.9. The van der Waals surface area contributed by atoms with Gasteiger partial charge in [-0.15, -0.1) is 0 Å². The highest BCUT2D eigenvalue weighted by atomic mass is 79.9. The van der Waals surface area contributed by atoms with Crippen LogP contribution in [0.5, 0.6) is 0 Å². The van der Waals surface area contributed by atoms with E-state index in [-0.39, 0.29) is 11.2 Å². The number of aromatic nitrogens is 2. The molecule has 1 saturated heterocycles. The van der Waals surface area contributed by atoms with Crippen molar-refractivity contribution in [1.29, 1.82) is 0 Å². The number of rotatable bonds is 0. The van der Waals surface area contributed by atoms with Crippen LogP contribution in [-0.2, 0) is 21.4 Å². The van der Waals surface area contributed by atoms with E-state index in [9.17, 15) is 0 Å². The second kappa shape index (κ2) is 4.30. The van der Waals surface area contributed by atoms with Gasteiger partial charge in [-0.2, -0.15) is 0 Å². The summed E-state index contributed by atoms with van der Waals surface area (Å²) >= 11 is 3.57. The molecule has 19 heavy (non-hydrogen) atoms. The van der Waals surface area contributed by atoms with Crippen LogP contribution in [0.25, 0.3) is 0 Å². The Balaban J connectivity index is 1.87. The fourth-order valence-electron chi connectivity index (χ4n) is 4.34. The van der Waals surface area contributed by atoms with E-state index in [0.29, 0.717) is 0 Å². The molecule has 0 amide bonds. The van der Waals surface area contributed by atoms with Crippen LogP contribution in [0.1, 0.15) is 44.2 Å². The Morgan fingerprint density at radius 1 is 1.11 bits per heavy atom. The van der Waals surface area contributed by atoms with E-state index in [2.05, 4.69) is 25.5 Å². The number of nitrogens with zero attached hydrogens (tertiary/aromatic N) is 2. The van der Waals surface area contributed by atoms with Gasteiger partial charge in [0.05, 0.1) is 24.8 Å². The van der Waals surface area contributed by atoms with Crippen LogP contribution < -0.4 is 0 Å². The molecule has 1 unspecified atom stereocenters. The van der Waals surface area contributed by atoms with Gasteiger partial charge in [0, 0.05) is 18.7 Å². The molecular weight excluding hydrogens is 308 g/mol. The van der Waals surface area contributed by atoms with Crippen molar-refractivity contribution >= 4 is 15.9 Å². The zero-order valence-corrected chi connectivity index (χ0v) is 12.6. The monoisotopic (exact) mass is 326 g/mol. The van der Waals surface area contributed by atoms with E-state index in [1.807, 2.05) is 6.20 Å². The average Bonchev–Trinajstić information content (AvgIpc) is 3.04. The quantitative estimate of drug-likeness (QED) is 0.735. The van der Waals surface area contributed by atoms with Crippen molar-refractivity contribution in [2.24, 2.45) is 0 Å². The first kappa shape index (κ1) is 12.4. The standard InChI is InChI=1S/C14H19BrN2O2/c15-12-16-10-11-13(5-3-7-17(11)12)4-1-2-6-14(13)18-8-9-19-14/h10H,1-9H2. The van der Waals surface area contributed by atoms with E-state index < -0.39 is 0 Å². The number of fused-ring (bicyclic) bond motifs is 3. The van der Waals surface area contributed by atoms with Gasteiger partial charge in [0.1, 0.15) is 0 Å². The minimum Gasteiger partial charge on any atom is -0.347 e. The number of hydrogen-bond donors (Lipinski definition) is 0. The molecule has 4 rings (SSSR count). The van der Waals surface area contributed by atoms with Crippen LogP contribution in [0, 0.1) is 0 Å². The molecule has 0 aromatic carbocycles. The molecule has 1 atom stereocenters. The topological polar surface area (TPSA) is 36.3 Å². The van der Waals surface area contributed by atoms with Crippen LogP contribution in [0.15, 0.2) is 10.9 Å². The Hall–Kier alpha value is -0.390. The fourth-order valence-corrected chi connectivity index (χ4v) is 4.81. The van der Waals surface area contributed by atoms with Crippen molar-refractivity contribution < 1.29 is 9.47 Å². The third-order valence-electron chi connectivity index (χ3n) is 5.12. The molecule has 3 heterocycles. The minimum atomic E-state index is -0.386. The van der Waals surface area contributed by atoms with Gasteiger partial charge >= 0.3 is 0 Å². The van der Waals surface area contributed by atoms with Crippen LogP contribution in [0.2, 0.25) is 0 Å². The molecule has 5 heteroatoms. The SMILES string of the molecule is Brc1ncc2n1CCCC21CCCCC12OCCO2. The smallest absolute Gasteiger partial charge is 0.179 e. The molecule has 0 radical (unpaired) electrons. The van der Waals surface area contributed by atoms with Gasteiger partial charge in [-0.25, -0.2) is 4.98 Å². The lowest BCUT2D eigenvalue weighted by atomic mass is 9.63. The molecule has 4 nitrogen and oxygen atoms in total. The molecule has 2 spiro atoms. The van der Waals surface area contributed by atoms with Crippen molar-refractivity contribution in [3.63, 3.8) is 0 Å². The van der Waals surface area contributed by atoms with E-state index >= 15 is 0 Å². The van der Waals surface area contributed by atoms with Gasteiger partial charge in [-0.3, -0.25) is 0 Å². The minimum absolute atomic E-state index is 0.0129. The van der Waals surface area contributed by atoms with Crippen molar-refractivity contribution in [3.05, 3.63) is 16.6 Å². The normalized spacial score (nSPS) is 32.9. The van der Waals surface area contributed by atoms with E-state index in [0.717, 1.165) is 43.8 Å². The first-order valence-corrected chi connectivity index (χ1v) is 8.06. The third-order valence-corrected chi connectivity index (χ3v) is 5.76. The molecule has 1 aromatic heterocycles. The van der Waals surface area contributed by atoms with Gasteiger partial charge in [-0.1, -0.05) is 6.42 Å². The maximum Gasteiger partial charge on any atom is 0.179 e. The molecule has 0 bridgehead atoms. The second-order valence-electron chi connectivity index (χ2n) is 5.91. The lowest BCUT2D eigenvalue weighted by Crippen LogP contribution is -2.57. The number of ether oxygens (including phenoxy) is 2. The molecule has 0 N–H and O–H groups in total. The average molecular weight is 327 g/mol. The van der Waals surface area contributed by atoms with Crippen LogP contribution in [-0.4, -0.2) is 28.6 Å². The van der Waals surface area contributed by atoms with Gasteiger partial charge in [0.25, 0.3) is 0 Å².